The minimum Gasteiger partial charge on any atom is -0.469 e. The summed E-state index contributed by atoms with van der Waals surface area (Å²) in [5, 5.41) is 4.13. The van der Waals surface area contributed by atoms with Gasteiger partial charge < -0.3 is 19.3 Å². The minimum atomic E-state index is -5.02. The number of alkyl halides is 6. The zero-order chi connectivity index (χ0) is 36.3. The Bertz CT molecular complexity index is 1560. The number of piperidine rings is 1. The van der Waals surface area contributed by atoms with Gasteiger partial charge in [0.05, 0.1) is 29.8 Å². The van der Waals surface area contributed by atoms with Gasteiger partial charge in [-0.1, -0.05) is 13.8 Å². The van der Waals surface area contributed by atoms with Crippen LogP contribution in [0.4, 0.5) is 37.1 Å². The molecule has 1 aromatic carbocycles. The summed E-state index contributed by atoms with van der Waals surface area (Å²) in [5.41, 5.74) is -2.84. The monoisotopic (exact) mass is 698 g/mol. The molecule has 0 radical (unpaired) electrons. The number of amides is 1. The first kappa shape index (κ1) is 37.4. The average Bonchev–Trinajstić information content (AvgIpc) is 3.50. The van der Waals surface area contributed by atoms with E-state index in [0.29, 0.717) is 48.9 Å². The molecule has 49 heavy (non-hydrogen) atoms. The summed E-state index contributed by atoms with van der Waals surface area (Å²) in [6, 6.07) is 0.188. The summed E-state index contributed by atoms with van der Waals surface area (Å²) < 4.78 is 94.7. The Balaban J connectivity index is 1.72. The molecular weight excluding hydrogens is 658 g/mol. The molecule has 0 spiro atoms. The zero-order valence-electron chi connectivity index (χ0n) is 28.1. The molecule has 1 unspecified atom stereocenters. The van der Waals surface area contributed by atoms with E-state index in [0.717, 1.165) is 0 Å². The molecular formula is C33H40F6N6O4. The third-order valence-electron chi connectivity index (χ3n) is 8.70. The van der Waals surface area contributed by atoms with Gasteiger partial charge in [0.1, 0.15) is 6.61 Å². The van der Waals surface area contributed by atoms with Gasteiger partial charge in [-0.3, -0.25) is 9.48 Å². The van der Waals surface area contributed by atoms with E-state index in [-0.39, 0.29) is 30.7 Å². The fraction of sp³-hybridized carbons (Fsp3) is 0.545. The summed E-state index contributed by atoms with van der Waals surface area (Å²) in [6.07, 6.45) is -2.75. The Labute approximate surface area is 280 Å². The van der Waals surface area contributed by atoms with Crippen molar-refractivity contribution in [2.45, 2.75) is 90.4 Å². The van der Waals surface area contributed by atoms with Crippen LogP contribution in [-0.2, 0) is 40.2 Å². The number of esters is 1. The van der Waals surface area contributed by atoms with Gasteiger partial charge in [-0.2, -0.15) is 31.4 Å². The molecule has 3 atom stereocenters. The molecule has 1 saturated heterocycles. The lowest BCUT2D eigenvalue weighted by atomic mass is 9.87. The van der Waals surface area contributed by atoms with Gasteiger partial charge in [0, 0.05) is 61.4 Å². The molecule has 268 valence electrons. The highest BCUT2D eigenvalue weighted by Crippen LogP contribution is 2.38. The maximum absolute atomic E-state index is 13.8. The molecule has 1 amide bonds. The summed E-state index contributed by atoms with van der Waals surface area (Å²) in [7, 11) is 2.98. The molecule has 4 rings (SSSR count). The first-order chi connectivity index (χ1) is 22.9. The van der Waals surface area contributed by atoms with Gasteiger partial charge in [0.15, 0.2) is 0 Å². The number of benzene rings is 1. The number of likely N-dealkylation sites (tertiary alicyclic amines) is 1. The maximum Gasteiger partial charge on any atom is 0.416 e. The summed E-state index contributed by atoms with van der Waals surface area (Å²) in [5.74, 6) is -0.448. The lowest BCUT2D eigenvalue weighted by Gasteiger charge is -2.47. The van der Waals surface area contributed by atoms with E-state index in [1.54, 1.807) is 47.8 Å². The third-order valence-corrected chi connectivity index (χ3v) is 8.70. The van der Waals surface area contributed by atoms with Crippen molar-refractivity contribution in [3.63, 3.8) is 0 Å². The molecule has 3 aromatic rings. The third kappa shape index (κ3) is 8.81. The number of rotatable bonds is 10. The highest BCUT2D eigenvalue weighted by Gasteiger charge is 2.42. The van der Waals surface area contributed by atoms with Crippen molar-refractivity contribution in [3.05, 3.63) is 59.7 Å². The number of anilines is 1. The Kier molecular flexibility index (Phi) is 11.2. The van der Waals surface area contributed by atoms with Crippen molar-refractivity contribution in [1.29, 1.82) is 0 Å². The average molecular weight is 699 g/mol. The van der Waals surface area contributed by atoms with Crippen molar-refractivity contribution < 1.29 is 45.4 Å². The Hall–Kier alpha value is -4.37. The van der Waals surface area contributed by atoms with Gasteiger partial charge in [0.25, 0.3) is 0 Å². The van der Waals surface area contributed by atoms with Crippen LogP contribution in [0.3, 0.4) is 0 Å². The SMILES string of the molecule is CC[C@@H]1CC(N(Cc2cc(C(F)(F)F)cc(C(F)(F)F)c2)c2ncc(-c3cnn(C)c3)cn2)C[C@H](CC)N1C(=O)OCC(C)(C)C(=O)OC. The van der Waals surface area contributed by atoms with Crippen molar-refractivity contribution >= 4 is 18.0 Å². The van der Waals surface area contributed by atoms with Crippen LogP contribution >= 0.6 is 0 Å². The molecule has 0 aliphatic carbocycles. The van der Waals surface area contributed by atoms with Crippen molar-refractivity contribution in [1.82, 2.24) is 24.6 Å². The Morgan fingerprint density at radius 2 is 1.45 bits per heavy atom. The van der Waals surface area contributed by atoms with Gasteiger partial charge >= 0.3 is 24.4 Å². The van der Waals surface area contributed by atoms with Crippen LogP contribution in [0, 0.1) is 5.41 Å². The largest absolute Gasteiger partial charge is 0.469 e. The fourth-order valence-electron chi connectivity index (χ4n) is 6.04. The Morgan fingerprint density at radius 1 is 0.898 bits per heavy atom. The lowest BCUT2D eigenvalue weighted by Crippen LogP contribution is -2.57. The zero-order valence-corrected chi connectivity index (χ0v) is 28.1. The summed E-state index contributed by atoms with van der Waals surface area (Å²) >= 11 is 0. The van der Waals surface area contributed by atoms with Crippen LogP contribution in [0.5, 0.6) is 0 Å². The molecule has 0 saturated carbocycles. The molecule has 2 aromatic heterocycles. The number of ether oxygens (including phenoxy) is 2. The van der Waals surface area contributed by atoms with E-state index >= 15 is 0 Å². The topological polar surface area (TPSA) is 103 Å². The number of carbonyl (C=O) groups excluding carboxylic acids is 2. The molecule has 0 N–H and O–H groups in total. The van der Waals surface area contributed by atoms with E-state index in [4.69, 9.17) is 9.47 Å². The van der Waals surface area contributed by atoms with Crippen molar-refractivity contribution in [3.8, 4) is 11.1 Å². The van der Waals surface area contributed by atoms with E-state index < -0.39 is 59.1 Å². The standard InChI is InChI=1S/C33H40F6N6O4/c1-7-25-12-27(13-26(8-2)45(25)30(47)49-19-31(3,4)28(46)48-6)44(29-40-14-21(15-41-29)22-16-42-43(5)18-22)17-20-9-23(32(34,35)36)11-24(10-20)33(37,38)39/h9-11,14-16,18,25-27H,7-8,12-13,17,19H2,1-6H3/t25-,26+,27?. The van der Waals surface area contributed by atoms with E-state index in [1.165, 1.54) is 19.5 Å². The van der Waals surface area contributed by atoms with E-state index in [2.05, 4.69) is 15.1 Å². The Morgan fingerprint density at radius 3 is 1.90 bits per heavy atom. The summed E-state index contributed by atoms with van der Waals surface area (Å²) in [6.45, 7) is 6.31. The van der Waals surface area contributed by atoms with Gasteiger partial charge in [-0.05, 0) is 63.3 Å². The van der Waals surface area contributed by atoms with Crippen LogP contribution < -0.4 is 4.90 Å². The molecule has 1 aliphatic heterocycles. The number of halogens is 6. The van der Waals surface area contributed by atoms with E-state index in [9.17, 15) is 35.9 Å². The highest BCUT2D eigenvalue weighted by molar-refractivity contribution is 5.76. The minimum absolute atomic E-state index is 0.0961. The first-order valence-corrected chi connectivity index (χ1v) is 15.8. The normalized spacial score (nSPS) is 18.7. The number of hydrogen-bond donors (Lipinski definition) is 0. The number of hydrogen-bond acceptors (Lipinski definition) is 8. The number of methoxy groups -OCH3 is 1. The number of aryl methyl sites for hydroxylation is 1. The molecule has 1 fully saturated rings. The first-order valence-electron chi connectivity index (χ1n) is 15.8. The van der Waals surface area contributed by atoms with Crippen LogP contribution in [-0.4, -0.2) is 68.6 Å². The fourth-order valence-corrected chi connectivity index (χ4v) is 6.04. The molecule has 16 heteroatoms. The van der Waals surface area contributed by atoms with Crippen molar-refractivity contribution in [2.75, 3.05) is 18.6 Å². The van der Waals surface area contributed by atoms with Gasteiger partial charge in [-0.15, -0.1) is 0 Å². The van der Waals surface area contributed by atoms with Crippen LogP contribution in [0.25, 0.3) is 11.1 Å². The number of nitrogens with zero attached hydrogens (tertiary/aromatic N) is 6. The molecule has 1 aliphatic rings. The quantitative estimate of drug-likeness (QED) is 0.161. The molecule has 0 bridgehead atoms. The number of aromatic nitrogens is 4. The predicted octanol–water partition coefficient (Wildman–Crippen LogP) is 7.28. The van der Waals surface area contributed by atoms with Crippen molar-refractivity contribution in [2.24, 2.45) is 12.5 Å². The smallest absolute Gasteiger partial charge is 0.416 e. The van der Waals surface area contributed by atoms with Crippen LogP contribution in [0.2, 0.25) is 0 Å². The predicted molar refractivity (Wildman–Crippen MR) is 167 cm³/mol. The van der Waals surface area contributed by atoms with Crippen LogP contribution in [0.15, 0.2) is 43.0 Å². The number of carbonyl (C=O) groups is 2. The highest BCUT2D eigenvalue weighted by atomic mass is 19.4. The lowest BCUT2D eigenvalue weighted by molar-refractivity contribution is -0.153. The van der Waals surface area contributed by atoms with Gasteiger partial charge in [-0.25, -0.2) is 14.8 Å². The second-order valence-electron chi connectivity index (χ2n) is 12.8. The molecule has 10 nitrogen and oxygen atoms in total. The summed E-state index contributed by atoms with van der Waals surface area (Å²) in [4.78, 5) is 37.8. The second kappa shape index (κ2) is 14.6. The van der Waals surface area contributed by atoms with E-state index in [1.807, 2.05) is 13.8 Å². The molecule has 3 heterocycles. The maximum atomic E-state index is 13.8. The van der Waals surface area contributed by atoms with Gasteiger partial charge in [0.2, 0.25) is 5.95 Å². The second-order valence-corrected chi connectivity index (χ2v) is 12.8. The van der Waals surface area contributed by atoms with Crippen LogP contribution in [0.1, 0.15) is 70.1 Å².